The van der Waals surface area contributed by atoms with Crippen LogP contribution in [-0.2, 0) is 13.0 Å². The van der Waals surface area contributed by atoms with Crippen molar-refractivity contribution in [1.82, 2.24) is 25.1 Å². The minimum Gasteiger partial charge on any atom is -0.351 e. The monoisotopic (exact) mass is 282 g/mol. The summed E-state index contributed by atoms with van der Waals surface area (Å²) in [5, 5.41) is 8.76. The minimum absolute atomic E-state index is 0.433. The second-order valence-corrected chi connectivity index (χ2v) is 5.83. The third kappa shape index (κ3) is 1.90. The van der Waals surface area contributed by atoms with Gasteiger partial charge in [0.05, 0.1) is 11.1 Å². The van der Waals surface area contributed by atoms with Gasteiger partial charge in [-0.2, -0.15) is 5.10 Å². The number of fused-ring (bicyclic) bond motifs is 2. The van der Waals surface area contributed by atoms with E-state index in [-0.39, 0.29) is 0 Å². The van der Waals surface area contributed by atoms with Crippen molar-refractivity contribution < 1.29 is 0 Å². The van der Waals surface area contributed by atoms with E-state index in [1.165, 1.54) is 17.0 Å². The van der Waals surface area contributed by atoms with Gasteiger partial charge in [0.15, 0.2) is 0 Å². The number of rotatable bonds is 2. The second-order valence-electron chi connectivity index (χ2n) is 5.83. The highest BCUT2D eigenvalue weighted by Crippen LogP contribution is 2.30. The Morgan fingerprint density at radius 2 is 2.19 bits per heavy atom. The molecule has 0 aliphatic carbocycles. The van der Waals surface area contributed by atoms with Gasteiger partial charge in [0.2, 0.25) is 0 Å². The maximum Gasteiger partial charge on any atom is 0.142 e. The number of aromatic amines is 2. The number of aromatic nitrogens is 5. The summed E-state index contributed by atoms with van der Waals surface area (Å²) in [6, 6.07) is 2.04. The van der Waals surface area contributed by atoms with E-state index >= 15 is 0 Å². The van der Waals surface area contributed by atoms with Gasteiger partial charge in [-0.3, -0.25) is 5.10 Å². The molecule has 0 aromatic carbocycles. The largest absolute Gasteiger partial charge is 0.351 e. The van der Waals surface area contributed by atoms with Gasteiger partial charge < -0.3 is 9.88 Å². The number of anilines is 1. The Hall–Kier alpha value is -2.37. The van der Waals surface area contributed by atoms with Crippen LogP contribution in [0.4, 0.5) is 5.82 Å². The van der Waals surface area contributed by atoms with Crippen LogP contribution in [-0.4, -0.2) is 31.7 Å². The third-order valence-corrected chi connectivity index (χ3v) is 4.14. The molecular weight excluding hydrogens is 264 g/mol. The van der Waals surface area contributed by atoms with E-state index in [4.69, 9.17) is 0 Å². The fourth-order valence-corrected chi connectivity index (χ4v) is 3.09. The van der Waals surface area contributed by atoms with Gasteiger partial charge in [-0.25, -0.2) is 9.97 Å². The van der Waals surface area contributed by atoms with E-state index in [1.54, 1.807) is 6.33 Å². The molecule has 0 amide bonds. The topological polar surface area (TPSA) is 73.5 Å². The molecule has 6 nitrogen and oxygen atoms in total. The molecule has 3 aromatic rings. The van der Waals surface area contributed by atoms with Gasteiger partial charge in [-0.05, 0) is 12.0 Å². The highest BCUT2D eigenvalue weighted by molar-refractivity contribution is 5.87. The molecule has 4 rings (SSSR count). The van der Waals surface area contributed by atoms with Gasteiger partial charge in [0.1, 0.15) is 17.8 Å². The molecular formula is C15H18N6. The molecule has 0 unspecified atom stereocenters. The highest BCUT2D eigenvalue weighted by Gasteiger charge is 2.25. The summed E-state index contributed by atoms with van der Waals surface area (Å²) >= 11 is 0. The van der Waals surface area contributed by atoms with Crippen molar-refractivity contribution >= 4 is 16.9 Å². The van der Waals surface area contributed by atoms with Crippen LogP contribution in [0, 0.1) is 0 Å². The fourth-order valence-electron chi connectivity index (χ4n) is 3.09. The quantitative estimate of drug-likeness (QED) is 0.757. The van der Waals surface area contributed by atoms with E-state index < -0.39 is 0 Å². The lowest BCUT2D eigenvalue weighted by molar-refractivity contribution is 0.703. The zero-order chi connectivity index (χ0) is 14.4. The lowest BCUT2D eigenvalue weighted by Gasteiger charge is -2.28. The standard InChI is InChI=1S/C15H18N6/c1-9(2)13-11-7-21(6-4-12(11)19-20-13)15-10-3-5-16-14(10)17-8-18-15/h3,5,8-9H,4,6-7H2,1-2H3,(H,19,20)(H,16,17,18). The summed E-state index contributed by atoms with van der Waals surface area (Å²) in [5.41, 5.74) is 4.67. The molecule has 2 N–H and O–H groups in total. The maximum absolute atomic E-state index is 4.50. The SMILES string of the molecule is CC(C)c1n[nH]c2c1CN(c1ncnc3[nH]ccc13)CC2. The van der Waals surface area contributed by atoms with Gasteiger partial charge in [0.25, 0.3) is 0 Å². The summed E-state index contributed by atoms with van der Waals surface area (Å²) in [6.45, 7) is 6.18. The van der Waals surface area contributed by atoms with Crippen LogP contribution < -0.4 is 4.90 Å². The van der Waals surface area contributed by atoms with Crippen molar-refractivity contribution in [2.45, 2.75) is 32.7 Å². The first-order chi connectivity index (χ1) is 10.2. The highest BCUT2D eigenvalue weighted by atomic mass is 15.2. The summed E-state index contributed by atoms with van der Waals surface area (Å²) in [5.74, 6) is 1.44. The van der Waals surface area contributed by atoms with Crippen LogP contribution in [0.25, 0.3) is 11.0 Å². The molecule has 6 heteroatoms. The van der Waals surface area contributed by atoms with E-state index in [0.717, 1.165) is 36.4 Å². The third-order valence-electron chi connectivity index (χ3n) is 4.14. The maximum atomic E-state index is 4.50. The summed E-state index contributed by atoms with van der Waals surface area (Å²) in [4.78, 5) is 14.2. The predicted molar refractivity (Wildman–Crippen MR) is 81.3 cm³/mol. The van der Waals surface area contributed by atoms with E-state index in [0.29, 0.717) is 5.92 Å². The molecule has 3 aromatic heterocycles. The number of H-pyrrole nitrogens is 2. The smallest absolute Gasteiger partial charge is 0.142 e. The van der Waals surface area contributed by atoms with Gasteiger partial charge in [0, 0.05) is 37.0 Å². The minimum atomic E-state index is 0.433. The first-order valence-electron chi connectivity index (χ1n) is 7.33. The molecule has 0 saturated carbocycles. The van der Waals surface area contributed by atoms with E-state index in [2.05, 4.69) is 43.9 Å². The van der Waals surface area contributed by atoms with Crippen molar-refractivity contribution in [3.8, 4) is 0 Å². The first-order valence-corrected chi connectivity index (χ1v) is 7.33. The van der Waals surface area contributed by atoms with Crippen LogP contribution in [0.5, 0.6) is 0 Å². The fraction of sp³-hybridized carbons (Fsp3) is 0.400. The van der Waals surface area contributed by atoms with Crippen LogP contribution >= 0.6 is 0 Å². The Morgan fingerprint density at radius 1 is 1.29 bits per heavy atom. The lowest BCUT2D eigenvalue weighted by atomic mass is 9.99. The summed E-state index contributed by atoms with van der Waals surface area (Å²) < 4.78 is 0. The Labute approximate surface area is 122 Å². The van der Waals surface area contributed by atoms with Gasteiger partial charge in [-0.15, -0.1) is 0 Å². The molecule has 4 heterocycles. The molecule has 108 valence electrons. The molecule has 0 saturated heterocycles. The Bertz CT molecular complexity index is 784. The molecule has 0 fully saturated rings. The van der Waals surface area contributed by atoms with E-state index in [9.17, 15) is 0 Å². The summed E-state index contributed by atoms with van der Waals surface area (Å²) in [6.07, 6.45) is 4.52. The van der Waals surface area contributed by atoms with Gasteiger partial charge in [-0.1, -0.05) is 13.8 Å². The average Bonchev–Trinajstić information content (AvgIpc) is 3.12. The molecule has 21 heavy (non-hydrogen) atoms. The zero-order valence-corrected chi connectivity index (χ0v) is 12.2. The number of nitrogens with one attached hydrogen (secondary N) is 2. The predicted octanol–water partition coefficient (Wildman–Crippen LogP) is 2.37. The van der Waals surface area contributed by atoms with Crippen molar-refractivity contribution in [2.75, 3.05) is 11.4 Å². The second kappa shape index (κ2) is 4.58. The Balaban J connectivity index is 1.75. The van der Waals surface area contributed by atoms with Crippen molar-refractivity contribution in [1.29, 1.82) is 0 Å². The van der Waals surface area contributed by atoms with Crippen LogP contribution in [0.15, 0.2) is 18.6 Å². The number of hydrogen-bond acceptors (Lipinski definition) is 4. The molecule has 0 atom stereocenters. The van der Waals surface area contributed by atoms with Crippen molar-refractivity contribution in [3.05, 3.63) is 35.5 Å². The summed E-state index contributed by atoms with van der Waals surface area (Å²) in [7, 11) is 0. The van der Waals surface area contributed by atoms with Crippen molar-refractivity contribution in [3.63, 3.8) is 0 Å². The molecule has 0 radical (unpaired) electrons. The van der Waals surface area contributed by atoms with Gasteiger partial charge >= 0.3 is 0 Å². The molecule has 1 aliphatic heterocycles. The van der Waals surface area contributed by atoms with Crippen molar-refractivity contribution in [2.24, 2.45) is 0 Å². The van der Waals surface area contributed by atoms with Crippen LogP contribution in [0.2, 0.25) is 0 Å². The average molecular weight is 282 g/mol. The van der Waals surface area contributed by atoms with E-state index in [1.807, 2.05) is 12.3 Å². The zero-order valence-electron chi connectivity index (χ0n) is 12.2. The van der Waals surface area contributed by atoms with Crippen LogP contribution in [0.1, 0.15) is 36.7 Å². The lowest BCUT2D eigenvalue weighted by Crippen LogP contribution is -2.31. The molecule has 1 aliphatic rings. The molecule has 0 bridgehead atoms. The molecule has 0 spiro atoms. The normalized spacial score (nSPS) is 14.9. The Kier molecular flexibility index (Phi) is 2.70. The number of nitrogens with zero attached hydrogens (tertiary/aromatic N) is 4. The number of hydrogen-bond donors (Lipinski definition) is 2. The Morgan fingerprint density at radius 3 is 3.05 bits per heavy atom. The first kappa shape index (κ1) is 12.4. The van der Waals surface area contributed by atoms with Crippen LogP contribution in [0.3, 0.4) is 0 Å².